The lowest BCUT2D eigenvalue weighted by Crippen LogP contribution is -2.09. The fraction of sp³-hybridized carbons (Fsp3) is 0.333. The second-order valence-corrected chi connectivity index (χ2v) is 5.12. The molecular weight excluding hydrogens is 372 g/mol. The third-order valence-electron chi connectivity index (χ3n) is 3.17. The third kappa shape index (κ3) is 6.53. The van der Waals surface area contributed by atoms with Gasteiger partial charge in [-0.05, 0) is 38.9 Å². The van der Waals surface area contributed by atoms with E-state index in [2.05, 4.69) is 25.9 Å². The van der Waals surface area contributed by atoms with Gasteiger partial charge in [-0.2, -0.15) is 0 Å². The van der Waals surface area contributed by atoms with Crippen molar-refractivity contribution in [2.24, 2.45) is 0 Å². The van der Waals surface area contributed by atoms with Gasteiger partial charge >= 0.3 is 11.6 Å². The Labute approximate surface area is 160 Å². The molecule has 0 fully saturated rings. The predicted molar refractivity (Wildman–Crippen MR) is 105 cm³/mol. The third-order valence-corrected chi connectivity index (χ3v) is 3.17. The van der Waals surface area contributed by atoms with Gasteiger partial charge in [0.2, 0.25) is 11.6 Å². The fourth-order valence-corrected chi connectivity index (χ4v) is 1.94. The lowest BCUT2D eigenvalue weighted by atomic mass is 10.3. The van der Waals surface area contributed by atoms with E-state index in [1.54, 1.807) is 25.2 Å². The molecule has 2 heterocycles. The van der Waals surface area contributed by atoms with E-state index in [-0.39, 0.29) is 30.5 Å². The van der Waals surface area contributed by atoms with Crippen LogP contribution < -0.4 is 21.7 Å². The topological polar surface area (TPSA) is 194 Å². The molecule has 0 saturated carbocycles. The van der Waals surface area contributed by atoms with E-state index in [0.717, 1.165) is 0 Å². The van der Waals surface area contributed by atoms with Crippen LogP contribution in [0.1, 0.15) is 6.92 Å². The second kappa shape index (κ2) is 11.1. The summed E-state index contributed by atoms with van der Waals surface area (Å²) in [5.74, 6) is 0.327. The summed E-state index contributed by atoms with van der Waals surface area (Å²) >= 11 is 0. The number of hydrogen-bond donors (Lipinski definition) is 5. The molecule has 28 heavy (non-hydrogen) atoms. The highest BCUT2D eigenvalue weighted by Crippen LogP contribution is 2.23. The van der Waals surface area contributed by atoms with E-state index in [4.69, 9.17) is 10.8 Å². The quantitative estimate of drug-likeness (QED) is 0.321. The van der Waals surface area contributed by atoms with Crippen LogP contribution in [0.25, 0.3) is 0 Å². The summed E-state index contributed by atoms with van der Waals surface area (Å²) in [5, 5.41) is 38.0. The molecule has 0 unspecified atom stereocenters. The Hall–Kier alpha value is -3.74. The van der Waals surface area contributed by atoms with Gasteiger partial charge in [0.15, 0.2) is 0 Å². The molecule has 0 aromatic carbocycles. The summed E-state index contributed by atoms with van der Waals surface area (Å²) in [5.41, 5.74) is 5.73. The van der Waals surface area contributed by atoms with Crippen LogP contribution in [-0.2, 0) is 0 Å². The molecule has 13 nitrogen and oxygen atoms in total. The van der Waals surface area contributed by atoms with E-state index in [0.29, 0.717) is 23.9 Å². The molecule has 0 amide bonds. The molecule has 13 heteroatoms. The van der Waals surface area contributed by atoms with Crippen molar-refractivity contribution in [3.63, 3.8) is 0 Å². The van der Waals surface area contributed by atoms with Crippen molar-refractivity contribution in [2.45, 2.75) is 6.92 Å². The van der Waals surface area contributed by atoms with Crippen molar-refractivity contribution in [1.82, 2.24) is 9.97 Å². The Kier molecular flexibility index (Phi) is 8.82. The maximum absolute atomic E-state index is 10.7. The molecule has 0 aliphatic carbocycles. The number of pyridine rings is 2. The molecule has 0 radical (unpaired) electrons. The van der Waals surface area contributed by atoms with Crippen LogP contribution in [0.15, 0.2) is 24.3 Å². The van der Waals surface area contributed by atoms with E-state index < -0.39 is 9.85 Å². The summed E-state index contributed by atoms with van der Waals surface area (Å²) in [7, 11) is 1.63. The van der Waals surface area contributed by atoms with Gasteiger partial charge < -0.3 is 47.0 Å². The van der Waals surface area contributed by atoms with Crippen molar-refractivity contribution in [1.29, 1.82) is 0 Å². The standard InChI is InChI=1S/C8H12N4O3.C7H10N4O2/c1-9-7-3-2-6(10-4-5-13)8(11-7)12(14)15;1-2-9-6-4-3-5(8)7(10-6)11(12)13/h2-3,10,13H,4-5H2,1H3,(H,9,11);3-4H,2,8H2,1H3,(H,9,10). The number of nitro groups is 2. The first-order valence-electron chi connectivity index (χ1n) is 8.16. The minimum atomic E-state index is -0.601. The van der Waals surface area contributed by atoms with Crippen molar-refractivity contribution in [3.8, 4) is 0 Å². The molecule has 0 aliphatic rings. The lowest BCUT2D eigenvalue weighted by molar-refractivity contribution is -0.388. The first-order valence-corrected chi connectivity index (χ1v) is 8.16. The first-order chi connectivity index (χ1) is 13.3. The molecule has 2 aromatic heterocycles. The number of nitrogens with one attached hydrogen (secondary N) is 3. The van der Waals surface area contributed by atoms with Gasteiger partial charge in [0.1, 0.15) is 11.4 Å². The van der Waals surface area contributed by atoms with Gasteiger partial charge in [-0.1, -0.05) is 0 Å². The molecule has 2 aromatic rings. The minimum Gasteiger partial charge on any atom is -0.395 e. The van der Waals surface area contributed by atoms with Gasteiger partial charge in [0, 0.05) is 32.3 Å². The summed E-state index contributed by atoms with van der Waals surface area (Å²) < 4.78 is 0. The normalized spacial score (nSPS) is 9.68. The highest BCUT2D eigenvalue weighted by atomic mass is 16.6. The number of aliphatic hydroxyl groups excluding tert-OH is 1. The number of nitrogens with zero attached hydrogens (tertiary/aromatic N) is 4. The lowest BCUT2D eigenvalue weighted by Gasteiger charge is -2.05. The van der Waals surface area contributed by atoms with Gasteiger partial charge in [-0.15, -0.1) is 0 Å². The Morgan fingerprint density at radius 3 is 2.18 bits per heavy atom. The number of anilines is 4. The van der Waals surface area contributed by atoms with Crippen LogP contribution in [0.5, 0.6) is 0 Å². The summed E-state index contributed by atoms with van der Waals surface area (Å²) in [6.45, 7) is 2.70. The van der Waals surface area contributed by atoms with Gasteiger partial charge in [-0.25, -0.2) is 0 Å². The van der Waals surface area contributed by atoms with Crippen molar-refractivity contribution < 1.29 is 15.0 Å². The molecule has 0 atom stereocenters. The van der Waals surface area contributed by atoms with Crippen LogP contribution in [0, 0.1) is 20.2 Å². The summed E-state index contributed by atoms with van der Waals surface area (Å²) in [6.07, 6.45) is 0. The Morgan fingerprint density at radius 1 is 1.04 bits per heavy atom. The van der Waals surface area contributed by atoms with Gasteiger partial charge in [-0.3, -0.25) is 0 Å². The highest BCUT2D eigenvalue weighted by molar-refractivity contribution is 5.61. The zero-order valence-corrected chi connectivity index (χ0v) is 15.4. The van der Waals surface area contributed by atoms with Crippen LogP contribution in [0.2, 0.25) is 0 Å². The van der Waals surface area contributed by atoms with Gasteiger partial charge in [0.05, 0.1) is 6.61 Å². The number of nitrogens with two attached hydrogens (primary N) is 1. The minimum absolute atomic E-state index is 0.0756. The monoisotopic (exact) mass is 394 g/mol. The van der Waals surface area contributed by atoms with E-state index in [9.17, 15) is 20.2 Å². The predicted octanol–water partition coefficient (Wildman–Crippen LogP) is 1.44. The molecular formula is C15H22N8O5. The largest absolute Gasteiger partial charge is 0.395 e. The van der Waals surface area contributed by atoms with Gasteiger partial charge in [0.25, 0.3) is 0 Å². The highest BCUT2D eigenvalue weighted by Gasteiger charge is 2.16. The Balaban J connectivity index is 0.000000283. The molecule has 0 aliphatic heterocycles. The molecule has 0 bridgehead atoms. The fourth-order valence-electron chi connectivity index (χ4n) is 1.94. The molecule has 0 spiro atoms. The summed E-state index contributed by atoms with van der Waals surface area (Å²) in [4.78, 5) is 27.4. The van der Waals surface area contributed by atoms with Crippen LogP contribution in [0.4, 0.5) is 34.6 Å². The van der Waals surface area contributed by atoms with Crippen LogP contribution in [0.3, 0.4) is 0 Å². The number of rotatable bonds is 8. The first kappa shape index (κ1) is 22.3. The summed E-state index contributed by atoms with van der Waals surface area (Å²) in [6, 6.07) is 6.23. The zero-order valence-electron chi connectivity index (χ0n) is 15.4. The maximum Gasteiger partial charge on any atom is 0.389 e. The zero-order chi connectivity index (χ0) is 21.1. The number of nitrogen functional groups attached to an aromatic ring is 1. The van der Waals surface area contributed by atoms with Crippen molar-refractivity contribution in [2.75, 3.05) is 48.4 Å². The average Bonchev–Trinajstić information content (AvgIpc) is 2.68. The van der Waals surface area contributed by atoms with Crippen LogP contribution in [-0.4, -0.2) is 51.7 Å². The van der Waals surface area contributed by atoms with Crippen molar-refractivity contribution >= 4 is 34.6 Å². The Bertz CT molecular complexity index is 817. The van der Waals surface area contributed by atoms with Crippen LogP contribution >= 0.6 is 0 Å². The number of aliphatic hydroxyl groups is 1. The second-order valence-electron chi connectivity index (χ2n) is 5.12. The van der Waals surface area contributed by atoms with E-state index >= 15 is 0 Å². The maximum atomic E-state index is 10.7. The smallest absolute Gasteiger partial charge is 0.389 e. The van der Waals surface area contributed by atoms with E-state index in [1.165, 1.54) is 6.07 Å². The molecule has 6 N–H and O–H groups in total. The SMILES string of the molecule is CCNc1ccc(N)c([N+](=O)[O-])n1.CNc1ccc(NCCO)c([N+](=O)[O-])n1. The number of hydrogen-bond acceptors (Lipinski definition) is 11. The number of aromatic nitrogens is 2. The average molecular weight is 394 g/mol. The molecule has 2 rings (SSSR count). The van der Waals surface area contributed by atoms with E-state index in [1.807, 2.05) is 6.92 Å². The Morgan fingerprint density at radius 2 is 1.64 bits per heavy atom. The molecule has 0 saturated heterocycles. The van der Waals surface area contributed by atoms with Crippen molar-refractivity contribution in [3.05, 3.63) is 44.5 Å². The molecule has 152 valence electrons.